The van der Waals surface area contributed by atoms with Gasteiger partial charge in [0.15, 0.2) is 6.79 Å². The van der Waals surface area contributed by atoms with E-state index in [9.17, 15) is 9.59 Å². The van der Waals surface area contributed by atoms with E-state index >= 15 is 4.39 Å². The average molecular weight is 666 g/mol. The molecule has 48 heavy (non-hydrogen) atoms. The highest BCUT2D eigenvalue weighted by Crippen LogP contribution is 2.42. The number of methoxy groups -OCH3 is 1. The third kappa shape index (κ3) is 7.61. The molecule has 3 aromatic rings. The van der Waals surface area contributed by atoms with Gasteiger partial charge in [-0.2, -0.15) is 0 Å². The van der Waals surface area contributed by atoms with Gasteiger partial charge in [-0.3, -0.25) is 9.69 Å². The minimum Gasteiger partial charge on any atom is -0.493 e. The van der Waals surface area contributed by atoms with E-state index in [4.69, 9.17) is 28.4 Å². The molecule has 12 heteroatoms. The first-order valence-electron chi connectivity index (χ1n) is 16.5. The van der Waals surface area contributed by atoms with Gasteiger partial charge in [0.25, 0.3) is 5.91 Å². The number of benzene rings is 3. The van der Waals surface area contributed by atoms with Crippen molar-refractivity contribution in [2.24, 2.45) is 0 Å². The molecule has 2 fully saturated rings. The van der Waals surface area contributed by atoms with Crippen LogP contribution in [0, 0.1) is 5.82 Å². The maximum Gasteiger partial charge on any atom is 0.410 e. The Labute approximate surface area is 280 Å². The molecule has 6 rings (SSSR count). The second-order valence-corrected chi connectivity index (χ2v) is 13.3. The van der Waals surface area contributed by atoms with E-state index in [2.05, 4.69) is 4.90 Å². The summed E-state index contributed by atoms with van der Waals surface area (Å²) in [6, 6.07) is 11.6. The molecule has 0 aromatic heterocycles. The Morgan fingerprint density at radius 3 is 2.62 bits per heavy atom. The minimum absolute atomic E-state index is 0.0249. The normalized spacial score (nSPS) is 18.5. The maximum atomic E-state index is 15.5. The van der Waals surface area contributed by atoms with Crippen molar-refractivity contribution >= 4 is 22.8 Å². The maximum absolute atomic E-state index is 15.5. The Kier molecular flexibility index (Phi) is 10.2. The van der Waals surface area contributed by atoms with Crippen molar-refractivity contribution < 1.29 is 42.4 Å². The molecule has 3 aliphatic rings. The number of morpholine rings is 1. The summed E-state index contributed by atoms with van der Waals surface area (Å²) in [6.45, 7) is 10.9. The van der Waals surface area contributed by atoms with Gasteiger partial charge >= 0.3 is 6.09 Å². The highest BCUT2D eigenvalue weighted by Gasteiger charge is 2.39. The average Bonchev–Trinajstić information content (AvgIpc) is 3.21. The number of amides is 2. The van der Waals surface area contributed by atoms with E-state index in [0.29, 0.717) is 77.6 Å². The molecule has 0 aliphatic carbocycles. The van der Waals surface area contributed by atoms with Gasteiger partial charge < -0.3 is 38.2 Å². The van der Waals surface area contributed by atoms with Crippen LogP contribution >= 0.6 is 0 Å². The molecule has 0 radical (unpaired) electrons. The molecule has 258 valence electrons. The lowest BCUT2D eigenvalue weighted by Crippen LogP contribution is -2.58. The Balaban J connectivity index is 1.35. The van der Waals surface area contributed by atoms with E-state index in [1.807, 2.05) is 26.8 Å². The molecule has 0 N–H and O–H groups in total. The van der Waals surface area contributed by atoms with E-state index in [0.717, 1.165) is 26.1 Å². The molecule has 2 saturated heterocycles. The van der Waals surface area contributed by atoms with Crippen molar-refractivity contribution in [3.8, 4) is 28.4 Å². The van der Waals surface area contributed by atoms with E-state index in [1.54, 1.807) is 40.1 Å². The van der Waals surface area contributed by atoms with Gasteiger partial charge in [-0.05, 0) is 74.0 Å². The third-order valence-electron chi connectivity index (χ3n) is 8.64. The molecule has 1 atom stereocenters. The number of fused-ring (bicyclic) bond motifs is 3. The summed E-state index contributed by atoms with van der Waals surface area (Å²) < 4.78 is 50.2. The summed E-state index contributed by atoms with van der Waals surface area (Å²) in [7, 11) is 1.53. The van der Waals surface area contributed by atoms with Crippen LogP contribution in [-0.2, 0) is 14.2 Å². The largest absolute Gasteiger partial charge is 0.493 e. The third-order valence-corrected chi connectivity index (χ3v) is 8.64. The Morgan fingerprint density at radius 1 is 1.04 bits per heavy atom. The van der Waals surface area contributed by atoms with Crippen LogP contribution in [0.1, 0.15) is 37.6 Å². The highest BCUT2D eigenvalue weighted by molar-refractivity contribution is 6.03. The van der Waals surface area contributed by atoms with Crippen LogP contribution in [0.25, 0.3) is 21.9 Å². The van der Waals surface area contributed by atoms with Crippen molar-refractivity contribution in [3.63, 3.8) is 0 Å². The van der Waals surface area contributed by atoms with Crippen molar-refractivity contribution in [2.45, 2.75) is 38.8 Å². The molecule has 3 aromatic carbocycles. The van der Waals surface area contributed by atoms with E-state index in [-0.39, 0.29) is 31.7 Å². The number of carbonyl (C=O) groups is 2. The van der Waals surface area contributed by atoms with Gasteiger partial charge in [-0.15, -0.1) is 0 Å². The van der Waals surface area contributed by atoms with Crippen LogP contribution in [0.2, 0.25) is 0 Å². The Morgan fingerprint density at radius 2 is 1.85 bits per heavy atom. The summed E-state index contributed by atoms with van der Waals surface area (Å²) in [5, 5.41) is 1.06. The van der Waals surface area contributed by atoms with Gasteiger partial charge in [0.05, 0.1) is 25.9 Å². The van der Waals surface area contributed by atoms with Gasteiger partial charge in [0, 0.05) is 51.8 Å². The number of ether oxygens (including phenoxy) is 6. The summed E-state index contributed by atoms with van der Waals surface area (Å²) in [5.74, 6) is 0.576. The molecule has 3 heterocycles. The number of rotatable bonds is 9. The van der Waals surface area contributed by atoms with Crippen molar-refractivity contribution in [1.82, 2.24) is 14.7 Å². The van der Waals surface area contributed by atoms with Crippen LogP contribution < -0.4 is 14.2 Å². The molecule has 0 bridgehead atoms. The predicted molar refractivity (Wildman–Crippen MR) is 177 cm³/mol. The number of carbonyl (C=O) groups excluding carboxylic acids is 2. The lowest BCUT2D eigenvalue weighted by atomic mass is 9.95. The first-order valence-corrected chi connectivity index (χ1v) is 16.5. The van der Waals surface area contributed by atoms with Gasteiger partial charge in [-0.1, -0.05) is 12.1 Å². The zero-order valence-electron chi connectivity index (χ0n) is 28.1. The van der Waals surface area contributed by atoms with Crippen LogP contribution in [0.5, 0.6) is 17.2 Å². The first-order chi connectivity index (χ1) is 23.1. The second-order valence-electron chi connectivity index (χ2n) is 13.3. The van der Waals surface area contributed by atoms with Crippen LogP contribution in [-0.4, -0.2) is 118 Å². The smallest absolute Gasteiger partial charge is 0.410 e. The molecule has 0 spiro atoms. The number of hydrogen-bond donors (Lipinski definition) is 0. The summed E-state index contributed by atoms with van der Waals surface area (Å²) in [4.78, 5) is 32.9. The van der Waals surface area contributed by atoms with E-state index in [1.165, 1.54) is 13.2 Å². The van der Waals surface area contributed by atoms with Crippen LogP contribution in [0.3, 0.4) is 0 Å². The zero-order chi connectivity index (χ0) is 33.8. The lowest BCUT2D eigenvalue weighted by Gasteiger charge is -2.40. The monoisotopic (exact) mass is 665 g/mol. The fourth-order valence-electron chi connectivity index (χ4n) is 6.36. The topological polar surface area (TPSA) is 99.2 Å². The SMILES string of the molecule is COCOc1cc(-c2cc(OCCCN3CCOCC3)c3c(c2)OC[C@H]2CN(C(=O)OC(C)(C)C)CCN2C3=O)c2c(F)cccc2c1. The summed E-state index contributed by atoms with van der Waals surface area (Å²) in [5.41, 5.74) is 0.847. The number of piperazine rings is 1. The molecule has 3 aliphatic heterocycles. The molecule has 2 amide bonds. The quantitative estimate of drug-likeness (QED) is 0.226. The lowest BCUT2D eigenvalue weighted by molar-refractivity contribution is 0.000905. The number of hydrogen-bond acceptors (Lipinski definition) is 9. The second kappa shape index (κ2) is 14.6. The van der Waals surface area contributed by atoms with Crippen molar-refractivity contribution in [3.05, 3.63) is 53.8 Å². The van der Waals surface area contributed by atoms with Crippen molar-refractivity contribution in [1.29, 1.82) is 0 Å². The Bertz CT molecular complexity index is 1640. The fourth-order valence-corrected chi connectivity index (χ4v) is 6.36. The molecule has 0 saturated carbocycles. The first kappa shape index (κ1) is 33.8. The molecule has 11 nitrogen and oxygen atoms in total. The van der Waals surface area contributed by atoms with Crippen molar-refractivity contribution in [2.75, 3.05) is 79.6 Å². The van der Waals surface area contributed by atoms with Gasteiger partial charge in [0.1, 0.15) is 40.8 Å². The van der Waals surface area contributed by atoms with Crippen LogP contribution in [0.15, 0.2) is 42.5 Å². The highest BCUT2D eigenvalue weighted by atomic mass is 19.1. The summed E-state index contributed by atoms with van der Waals surface area (Å²) >= 11 is 0. The molecular weight excluding hydrogens is 621 g/mol. The zero-order valence-corrected chi connectivity index (χ0v) is 28.1. The Hall–Kier alpha value is -4.13. The van der Waals surface area contributed by atoms with Gasteiger partial charge in [-0.25, -0.2) is 9.18 Å². The minimum atomic E-state index is -0.639. The van der Waals surface area contributed by atoms with Crippen LogP contribution in [0.4, 0.5) is 9.18 Å². The number of halogens is 1. The summed E-state index contributed by atoms with van der Waals surface area (Å²) in [6.07, 6.45) is 0.316. The number of nitrogens with zero attached hydrogens (tertiary/aromatic N) is 3. The predicted octanol–water partition coefficient (Wildman–Crippen LogP) is 5.18. The van der Waals surface area contributed by atoms with Gasteiger partial charge in [0.2, 0.25) is 0 Å². The van der Waals surface area contributed by atoms with E-state index < -0.39 is 17.7 Å². The molecule has 0 unspecified atom stereocenters. The molecular formula is C36H44FN3O8. The fraction of sp³-hybridized carbons (Fsp3) is 0.500. The standard InChI is InChI=1S/C36H44FN3O8/c1-36(2,3)48-35(42)39-10-11-40-26(21-39)22-46-31-19-25(28-20-27(47-23-43-4)17-24-7-5-8-29(37)32(24)28)18-30(33(31)34(40)41)45-14-6-9-38-12-15-44-16-13-38/h5,7-8,17-20,26H,6,9-16,21-23H2,1-4H3/t26-/m1/s1.